The molecule has 2 aromatic carbocycles. The molecule has 26 heavy (non-hydrogen) atoms. The molecule has 0 unspecified atom stereocenters. The van der Waals surface area contributed by atoms with E-state index in [9.17, 15) is 18.8 Å². The Bertz CT molecular complexity index is 861. The van der Waals surface area contributed by atoms with Crippen LogP contribution in [-0.4, -0.2) is 24.3 Å². The van der Waals surface area contributed by atoms with E-state index in [2.05, 4.69) is 5.32 Å². The lowest BCUT2D eigenvalue weighted by Crippen LogP contribution is -2.14. The van der Waals surface area contributed by atoms with Crippen LogP contribution in [0.2, 0.25) is 0 Å². The monoisotopic (exact) mass is 355 g/mol. The van der Waals surface area contributed by atoms with E-state index < -0.39 is 5.97 Å². The smallest absolute Gasteiger partial charge is 0.306 e. The van der Waals surface area contributed by atoms with Gasteiger partial charge in [0.1, 0.15) is 5.82 Å². The Morgan fingerprint density at radius 3 is 2.62 bits per heavy atom. The molecule has 0 radical (unpaired) electrons. The Labute approximate surface area is 150 Å². The predicted octanol–water partition coefficient (Wildman–Crippen LogP) is 3.24. The zero-order valence-electron chi connectivity index (χ0n) is 14.3. The quantitative estimate of drug-likeness (QED) is 0.638. The first-order valence-corrected chi connectivity index (χ1v) is 8.32. The lowest BCUT2D eigenvalue weighted by molar-refractivity contribution is -0.142. The molecule has 2 aromatic rings. The number of Topliss-reactive ketones (excluding diaryl/α,β-unsaturated/α-hetero) is 1. The molecule has 1 amide bonds. The molecule has 1 N–H and O–H groups in total. The van der Waals surface area contributed by atoms with Gasteiger partial charge in [0.2, 0.25) is 5.91 Å². The summed E-state index contributed by atoms with van der Waals surface area (Å²) in [5, 5.41) is 2.74. The molecule has 0 bridgehead atoms. The van der Waals surface area contributed by atoms with Crippen LogP contribution >= 0.6 is 0 Å². The van der Waals surface area contributed by atoms with Crippen LogP contribution in [0.15, 0.2) is 42.5 Å². The van der Waals surface area contributed by atoms with E-state index >= 15 is 0 Å². The average molecular weight is 355 g/mol. The van der Waals surface area contributed by atoms with Gasteiger partial charge < -0.3 is 10.1 Å². The Balaban J connectivity index is 1.52. The van der Waals surface area contributed by atoms with Crippen molar-refractivity contribution in [1.82, 2.24) is 0 Å². The summed E-state index contributed by atoms with van der Waals surface area (Å²) in [5.74, 6) is -1.56. The van der Waals surface area contributed by atoms with Gasteiger partial charge in [-0.1, -0.05) is 12.1 Å². The maximum absolute atomic E-state index is 12.8. The lowest BCUT2D eigenvalue weighted by atomic mass is 9.99. The SMILES string of the molecule is C[C@@H]1C(=O)Nc2ccc(C(=O)COC(=O)CCc3ccc(F)cc3)cc21. The molecule has 1 atom stereocenters. The second-order valence-electron chi connectivity index (χ2n) is 6.22. The fourth-order valence-corrected chi connectivity index (χ4v) is 2.79. The Morgan fingerprint density at radius 1 is 1.15 bits per heavy atom. The van der Waals surface area contributed by atoms with Gasteiger partial charge in [0, 0.05) is 17.7 Å². The summed E-state index contributed by atoms with van der Waals surface area (Å²) < 4.78 is 17.9. The molecule has 6 heteroatoms. The molecule has 1 aliphatic rings. The van der Waals surface area contributed by atoms with Crippen molar-refractivity contribution < 1.29 is 23.5 Å². The Hall–Kier alpha value is -3.02. The van der Waals surface area contributed by atoms with Crippen molar-refractivity contribution in [2.75, 3.05) is 11.9 Å². The van der Waals surface area contributed by atoms with Gasteiger partial charge in [-0.2, -0.15) is 0 Å². The number of anilines is 1. The Kier molecular flexibility index (Phi) is 5.11. The summed E-state index contributed by atoms with van der Waals surface area (Å²) in [4.78, 5) is 35.7. The van der Waals surface area contributed by atoms with Gasteiger partial charge >= 0.3 is 5.97 Å². The van der Waals surface area contributed by atoms with Crippen LogP contribution in [0.3, 0.4) is 0 Å². The van der Waals surface area contributed by atoms with Gasteiger partial charge in [-0.3, -0.25) is 14.4 Å². The van der Waals surface area contributed by atoms with Crippen molar-refractivity contribution in [3.05, 3.63) is 65.0 Å². The van der Waals surface area contributed by atoms with E-state index in [1.807, 2.05) is 0 Å². The van der Waals surface area contributed by atoms with Crippen LogP contribution in [-0.2, 0) is 20.7 Å². The molecule has 0 aliphatic carbocycles. The van der Waals surface area contributed by atoms with E-state index in [1.54, 1.807) is 37.3 Å². The number of hydrogen-bond donors (Lipinski definition) is 1. The summed E-state index contributed by atoms with van der Waals surface area (Å²) in [6, 6.07) is 10.8. The van der Waals surface area contributed by atoms with Crippen LogP contribution in [0.4, 0.5) is 10.1 Å². The van der Waals surface area contributed by atoms with E-state index in [1.165, 1.54) is 12.1 Å². The molecular weight excluding hydrogens is 337 g/mol. The second-order valence-corrected chi connectivity index (χ2v) is 6.22. The number of nitrogens with one attached hydrogen (secondary N) is 1. The van der Waals surface area contributed by atoms with Crippen LogP contribution in [0.25, 0.3) is 0 Å². The molecule has 0 spiro atoms. The normalized spacial score (nSPS) is 15.3. The zero-order valence-corrected chi connectivity index (χ0v) is 14.3. The average Bonchev–Trinajstić information content (AvgIpc) is 2.93. The van der Waals surface area contributed by atoms with Crippen LogP contribution in [0.1, 0.15) is 40.7 Å². The number of ether oxygens (including phenoxy) is 1. The fourth-order valence-electron chi connectivity index (χ4n) is 2.79. The highest BCUT2D eigenvalue weighted by atomic mass is 19.1. The van der Waals surface area contributed by atoms with Crippen molar-refractivity contribution >= 4 is 23.3 Å². The summed E-state index contributed by atoms with van der Waals surface area (Å²) >= 11 is 0. The highest BCUT2D eigenvalue weighted by Crippen LogP contribution is 2.32. The number of fused-ring (bicyclic) bond motifs is 1. The standard InChI is InChI=1S/C20H18FNO4/c1-12-16-10-14(5-8-17(16)22-20(12)25)18(23)11-26-19(24)9-4-13-2-6-15(21)7-3-13/h2-3,5-8,10,12H,4,9,11H2,1H3,(H,22,25)/t12-/m0/s1. The first kappa shape index (κ1) is 17.8. The number of amides is 1. The summed E-state index contributed by atoms with van der Waals surface area (Å²) in [5.41, 5.74) is 2.69. The third kappa shape index (κ3) is 3.96. The van der Waals surface area contributed by atoms with E-state index in [-0.39, 0.29) is 36.5 Å². The van der Waals surface area contributed by atoms with Crippen molar-refractivity contribution in [3.8, 4) is 0 Å². The van der Waals surface area contributed by atoms with Gasteiger partial charge in [-0.05, 0) is 54.8 Å². The maximum Gasteiger partial charge on any atom is 0.306 e. The molecule has 0 saturated heterocycles. The summed E-state index contributed by atoms with van der Waals surface area (Å²) in [7, 11) is 0. The van der Waals surface area contributed by atoms with Crippen LogP contribution in [0, 0.1) is 5.82 Å². The van der Waals surface area contributed by atoms with E-state index in [0.717, 1.165) is 11.1 Å². The van der Waals surface area contributed by atoms with Crippen molar-refractivity contribution in [2.24, 2.45) is 0 Å². The van der Waals surface area contributed by atoms with Crippen LogP contribution in [0.5, 0.6) is 0 Å². The molecule has 1 heterocycles. The van der Waals surface area contributed by atoms with Gasteiger partial charge in [-0.15, -0.1) is 0 Å². The second kappa shape index (κ2) is 7.47. The van der Waals surface area contributed by atoms with Crippen LogP contribution < -0.4 is 5.32 Å². The molecule has 3 rings (SSSR count). The molecule has 134 valence electrons. The van der Waals surface area contributed by atoms with Gasteiger partial charge in [0.15, 0.2) is 12.4 Å². The largest absolute Gasteiger partial charge is 0.457 e. The number of esters is 1. The molecule has 0 saturated carbocycles. The molecule has 5 nitrogen and oxygen atoms in total. The van der Waals surface area contributed by atoms with Gasteiger partial charge in [-0.25, -0.2) is 4.39 Å². The third-order valence-corrected chi connectivity index (χ3v) is 4.39. The molecule has 1 aliphatic heterocycles. The first-order chi connectivity index (χ1) is 12.4. The number of hydrogen-bond acceptors (Lipinski definition) is 4. The minimum absolute atomic E-state index is 0.100. The number of benzene rings is 2. The molecule has 0 aromatic heterocycles. The number of halogens is 1. The number of aryl methyl sites for hydroxylation is 1. The Morgan fingerprint density at radius 2 is 1.88 bits per heavy atom. The number of carbonyl (C=O) groups excluding carboxylic acids is 3. The predicted molar refractivity (Wildman–Crippen MR) is 93.5 cm³/mol. The van der Waals surface area contributed by atoms with Gasteiger partial charge in [0.25, 0.3) is 0 Å². The minimum Gasteiger partial charge on any atom is -0.457 e. The zero-order chi connectivity index (χ0) is 18.7. The van der Waals surface area contributed by atoms with Gasteiger partial charge in [0.05, 0.1) is 5.92 Å². The first-order valence-electron chi connectivity index (χ1n) is 8.32. The topological polar surface area (TPSA) is 72.5 Å². The lowest BCUT2D eigenvalue weighted by Gasteiger charge is -2.07. The molecule has 0 fully saturated rings. The number of ketones is 1. The molecular formula is C20H18FNO4. The number of rotatable bonds is 6. The third-order valence-electron chi connectivity index (χ3n) is 4.39. The van der Waals surface area contributed by atoms with E-state index in [4.69, 9.17) is 4.74 Å². The number of carbonyl (C=O) groups is 3. The fraction of sp³-hybridized carbons (Fsp3) is 0.250. The van der Waals surface area contributed by atoms with Crippen molar-refractivity contribution in [2.45, 2.75) is 25.7 Å². The van der Waals surface area contributed by atoms with Crippen molar-refractivity contribution in [1.29, 1.82) is 0 Å². The van der Waals surface area contributed by atoms with Crippen molar-refractivity contribution in [3.63, 3.8) is 0 Å². The minimum atomic E-state index is -0.492. The maximum atomic E-state index is 12.8. The summed E-state index contributed by atoms with van der Waals surface area (Å²) in [6.45, 7) is 1.42. The highest BCUT2D eigenvalue weighted by molar-refractivity contribution is 6.05. The summed E-state index contributed by atoms with van der Waals surface area (Å²) in [6.07, 6.45) is 0.524. The highest BCUT2D eigenvalue weighted by Gasteiger charge is 2.27. The van der Waals surface area contributed by atoms with E-state index in [0.29, 0.717) is 17.7 Å².